The Labute approximate surface area is 191 Å². The summed E-state index contributed by atoms with van der Waals surface area (Å²) in [4.78, 5) is 11.5. The molecule has 4 saturated carbocycles. The van der Waals surface area contributed by atoms with Crippen LogP contribution in [0.25, 0.3) is 6.08 Å². The number of rotatable bonds is 8. The van der Waals surface area contributed by atoms with Crippen LogP contribution >= 0.6 is 0 Å². The van der Waals surface area contributed by atoms with Crippen LogP contribution in [-0.2, 0) is 29.6 Å². The lowest BCUT2D eigenvalue weighted by atomic mass is 9.48. The van der Waals surface area contributed by atoms with Crippen LogP contribution in [0.5, 0.6) is 0 Å². The number of nitrogens with one attached hydrogen (secondary N) is 1. The Bertz CT molecular complexity index is 1170. The summed E-state index contributed by atoms with van der Waals surface area (Å²) in [6.07, 6.45) is 5.09. The van der Waals surface area contributed by atoms with Gasteiger partial charge >= 0.3 is 21.2 Å². The van der Waals surface area contributed by atoms with Crippen molar-refractivity contribution in [3.8, 4) is 0 Å². The highest BCUT2D eigenvalue weighted by Gasteiger charge is 2.60. The van der Waals surface area contributed by atoms with E-state index < -0.39 is 53.8 Å². The van der Waals surface area contributed by atoms with Crippen LogP contribution in [0.15, 0.2) is 35.7 Å². The first-order valence-electron chi connectivity index (χ1n) is 10.5. The molecule has 0 saturated heterocycles. The van der Waals surface area contributed by atoms with Gasteiger partial charge in [0, 0.05) is 5.41 Å². The van der Waals surface area contributed by atoms with E-state index in [1.807, 2.05) is 0 Å². The molecular formula is C21H25F2NO7S2. The zero-order chi connectivity index (χ0) is 24.3. The monoisotopic (exact) mass is 505 g/mol. The summed E-state index contributed by atoms with van der Waals surface area (Å²) in [5.41, 5.74) is -1.07. The van der Waals surface area contributed by atoms with Crippen molar-refractivity contribution in [2.75, 3.05) is 6.61 Å². The maximum atomic E-state index is 14.5. The lowest BCUT2D eigenvalue weighted by Gasteiger charge is -2.59. The first kappa shape index (κ1) is 24.2. The molecule has 5 rings (SSSR count). The van der Waals surface area contributed by atoms with E-state index >= 15 is 0 Å². The topological polar surface area (TPSA) is 127 Å². The van der Waals surface area contributed by atoms with Gasteiger partial charge in [-0.1, -0.05) is 28.9 Å². The molecule has 4 bridgehead atoms. The highest BCUT2D eigenvalue weighted by atomic mass is 32.3. The molecule has 0 aliphatic heterocycles. The van der Waals surface area contributed by atoms with Crippen molar-refractivity contribution in [2.45, 2.75) is 54.3 Å². The Morgan fingerprint density at radius 1 is 1.15 bits per heavy atom. The van der Waals surface area contributed by atoms with Gasteiger partial charge in [0.2, 0.25) is 0 Å². The van der Waals surface area contributed by atoms with E-state index in [2.05, 4.69) is 6.58 Å². The van der Waals surface area contributed by atoms with E-state index in [4.69, 9.17) is 4.74 Å². The van der Waals surface area contributed by atoms with E-state index in [-0.39, 0.29) is 11.8 Å². The number of carbonyl (C=O) groups is 1. The summed E-state index contributed by atoms with van der Waals surface area (Å²) >= 11 is 0. The average Bonchev–Trinajstić information content (AvgIpc) is 2.69. The number of hydrogen-bond donors (Lipinski definition) is 2. The maximum Gasteiger partial charge on any atom is 0.455 e. The van der Waals surface area contributed by atoms with E-state index in [0.29, 0.717) is 37.7 Å². The van der Waals surface area contributed by atoms with Gasteiger partial charge in [0.25, 0.3) is 10.0 Å². The molecule has 0 spiro atoms. The van der Waals surface area contributed by atoms with Crippen LogP contribution in [-0.4, -0.2) is 45.4 Å². The summed E-state index contributed by atoms with van der Waals surface area (Å²) in [5.74, 6) is -1.94. The Morgan fingerprint density at radius 3 is 2.24 bits per heavy atom. The molecule has 182 valence electrons. The number of esters is 1. The van der Waals surface area contributed by atoms with Gasteiger partial charge in [-0.2, -0.15) is 8.78 Å². The van der Waals surface area contributed by atoms with Gasteiger partial charge in [0.1, 0.15) is 0 Å². The molecule has 4 fully saturated rings. The molecule has 0 aromatic heterocycles. The minimum absolute atomic E-state index is 0.207. The lowest BCUT2D eigenvalue weighted by molar-refractivity contribution is -0.193. The van der Waals surface area contributed by atoms with E-state index in [1.165, 1.54) is 18.2 Å². The van der Waals surface area contributed by atoms with Crippen molar-refractivity contribution in [1.82, 2.24) is 4.13 Å². The van der Waals surface area contributed by atoms with Crippen LogP contribution in [0.1, 0.15) is 44.1 Å². The van der Waals surface area contributed by atoms with Crippen molar-refractivity contribution in [3.05, 3.63) is 36.4 Å². The summed E-state index contributed by atoms with van der Waals surface area (Å²) in [6.45, 7) is 3.03. The molecule has 2 N–H and O–H groups in total. The molecule has 2 unspecified atom stereocenters. The fourth-order valence-corrected chi connectivity index (χ4v) is 8.74. The molecule has 1 aromatic carbocycles. The van der Waals surface area contributed by atoms with Gasteiger partial charge in [-0.05, 0) is 68.1 Å². The Morgan fingerprint density at radius 2 is 1.73 bits per heavy atom. The molecule has 12 heteroatoms. The third kappa shape index (κ3) is 4.45. The second-order valence-electron chi connectivity index (χ2n) is 9.64. The fourth-order valence-electron chi connectivity index (χ4n) is 6.01. The number of halogens is 2. The van der Waals surface area contributed by atoms with Gasteiger partial charge in [0.05, 0.1) is 17.1 Å². The summed E-state index contributed by atoms with van der Waals surface area (Å²) in [5, 5.41) is 5.59. The molecule has 2 atom stereocenters. The van der Waals surface area contributed by atoms with Gasteiger partial charge in [-0.3, -0.25) is 0 Å². The first-order chi connectivity index (χ1) is 15.2. The van der Waals surface area contributed by atoms with Crippen LogP contribution < -0.4 is 4.13 Å². The standard InChI is InChI=1S/C21H25F2NO7S2/c1-2-14-3-5-17(6-4-14)32(27,28)24-33(29,30)21(22,23)18(25)31-13-19-8-15-7-16(9-19)11-20(26,10-15)12-19/h2-6,15-16,24,26H,1,7-13H2. The Hall–Kier alpha value is -1.89. The zero-order valence-electron chi connectivity index (χ0n) is 17.7. The smallest absolute Gasteiger partial charge is 0.455 e. The van der Waals surface area contributed by atoms with Crippen molar-refractivity contribution in [3.63, 3.8) is 0 Å². The molecule has 8 nitrogen and oxygen atoms in total. The van der Waals surface area contributed by atoms with E-state index in [9.17, 15) is 35.5 Å². The molecule has 33 heavy (non-hydrogen) atoms. The number of alkyl halides is 2. The van der Waals surface area contributed by atoms with Crippen molar-refractivity contribution in [1.29, 1.82) is 0 Å². The predicted molar refractivity (Wildman–Crippen MR) is 114 cm³/mol. The Balaban J connectivity index is 1.46. The average molecular weight is 506 g/mol. The predicted octanol–water partition coefficient (Wildman–Crippen LogP) is 2.41. The second kappa shape index (κ2) is 7.82. The van der Waals surface area contributed by atoms with Gasteiger partial charge in [-0.25, -0.2) is 21.6 Å². The highest BCUT2D eigenvalue weighted by Crippen LogP contribution is 2.61. The minimum atomic E-state index is -5.99. The molecule has 0 radical (unpaired) electrons. The van der Waals surface area contributed by atoms with Crippen LogP contribution in [0.4, 0.5) is 8.78 Å². The molecule has 4 aliphatic carbocycles. The summed E-state index contributed by atoms with van der Waals surface area (Å²) < 4.78 is 83.8. The van der Waals surface area contributed by atoms with E-state index in [1.54, 1.807) is 0 Å². The van der Waals surface area contributed by atoms with Crippen LogP contribution in [0, 0.1) is 17.3 Å². The third-order valence-electron chi connectivity index (χ3n) is 6.88. The van der Waals surface area contributed by atoms with Gasteiger partial charge in [0.15, 0.2) is 0 Å². The van der Waals surface area contributed by atoms with Gasteiger partial charge in [-0.15, -0.1) is 0 Å². The normalized spacial score (nSPS) is 31.4. The zero-order valence-corrected chi connectivity index (χ0v) is 19.3. The Kier molecular flexibility index (Phi) is 5.75. The minimum Gasteiger partial charge on any atom is -0.460 e. The number of ether oxygens (including phenoxy) is 1. The van der Waals surface area contributed by atoms with Gasteiger partial charge < -0.3 is 9.84 Å². The quantitative estimate of drug-likeness (QED) is 0.520. The first-order valence-corrected chi connectivity index (χ1v) is 13.4. The molecule has 0 heterocycles. The molecule has 4 aliphatic rings. The lowest BCUT2D eigenvalue weighted by Crippen LogP contribution is -2.57. The largest absolute Gasteiger partial charge is 0.460 e. The SMILES string of the molecule is C=Cc1ccc(S(=O)(=O)NS(=O)(=O)C(F)(F)C(=O)OCC23CC4CC(CC(O)(C4)C2)C3)cc1. The number of sulfonamides is 2. The highest BCUT2D eigenvalue weighted by molar-refractivity contribution is 8.05. The van der Waals surface area contributed by atoms with Crippen molar-refractivity contribution < 1.29 is 40.3 Å². The van der Waals surface area contributed by atoms with Crippen molar-refractivity contribution in [2.24, 2.45) is 17.3 Å². The summed E-state index contributed by atoms with van der Waals surface area (Å²) in [7, 11) is -10.9. The number of carbonyl (C=O) groups excluding carboxylic acids is 1. The summed E-state index contributed by atoms with van der Waals surface area (Å²) in [6, 6.07) is 4.65. The molecule has 0 amide bonds. The third-order valence-corrected chi connectivity index (χ3v) is 10.4. The van der Waals surface area contributed by atoms with Crippen molar-refractivity contribution >= 4 is 32.1 Å². The fraction of sp³-hybridized carbons (Fsp3) is 0.571. The maximum absolute atomic E-state index is 14.5. The van der Waals surface area contributed by atoms with E-state index in [0.717, 1.165) is 22.7 Å². The number of hydrogen-bond acceptors (Lipinski definition) is 7. The molecule has 1 aromatic rings. The molecular weight excluding hydrogens is 480 g/mol. The number of aliphatic hydroxyl groups is 1. The van der Waals surface area contributed by atoms with Crippen LogP contribution in [0.2, 0.25) is 0 Å². The second-order valence-corrected chi connectivity index (χ2v) is 13.3. The number of benzene rings is 1. The van der Waals surface area contributed by atoms with Crippen LogP contribution in [0.3, 0.4) is 0 Å².